The van der Waals surface area contributed by atoms with Crippen LogP contribution in [-0.2, 0) is 0 Å². The molecule has 2 heteroatoms. The van der Waals surface area contributed by atoms with Crippen molar-refractivity contribution in [1.29, 1.82) is 0 Å². The zero-order chi connectivity index (χ0) is 36.3. The molecule has 0 spiro atoms. The molecule has 1 heterocycles. The minimum atomic E-state index is 0.975. The van der Waals surface area contributed by atoms with E-state index < -0.39 is 0 Å². The first-order valence-electron chi connectivity index (χ1n) is 18.9. The number of hydrogen-bond acceptors (Lipinski definition) is 2. The van der Waals surface area contributed by atoms with Crippen LogP contribution in [0.5, 0.6) is 0 Å². The maximum Gasteiger partial charge on any atom is 0.0794 e. The first-order chi connectivity index (χ1) is 27.3. The minimum Gasteiger partial charge on any atom is -0.310 e. The van der Waals surface area contributed by atoms with Crippen LogP contribution in [0.25, 0.3) is 88.2 Å². The second-order valence-corrected chi connectivity index (χ2v) is 14.3. The van der Waals surface area contributed by atoms with Gasteiger partial charge in [0.1, 0.15) is 0 Å². The molecule has 55 heavy (non-hydrogen) atoms. The fraction of sp³-hybridized carbons (Fsp3) is 0. The molecule has 0 aliphatic heterocycles. The lowest BCUT2D eigenvalue weighted by Gasteiger charge is -2.26. The van der Waals surface area contributed by atoms with Crippen LogP contribution in [0.15, 0.2) is 206 Å². The van der Waals surface area contributed by atoms with Crippen molar-refractivity contribution in [3.8, 4) is 55.9 Å². The molecule has 0 unspecified atom stereocenters. The van der Waals surface area contributed by atoms with Gasteiger partial charge >= 0.3 is 0 Å². The largest absolute Gasteiger partial charge is 0.310 e. The van der Waals surface area contributed by atoms with Crippen LogP contribution in [0.1, 0.15) is 0 Å². The van der Waals surface area contributed by atoms with E-state index in [1.807, 2.05) is 0 Å². The van der Waals surface area contributed by atoms with E-state index in [0.717, 1.165) is 50.7 Å². The Balaban J connectivity index is 1.14. The zero-order valence-corrected chi connectivity index (χ0v) is 30.0. The lowest BCUT2D eigenvalue weighted by atomic mass is 9.87. The highest BCUT2D eigenvalue weighted by atomic mass is 15.1. The van der Waals surface area contributed by atoms with Gasteiger partial charge in [-0.15, -0.1) is 0 Å². The van der Waals surface area contributed by atoms with Gasteiger partial charge in [0.05, 0.1) is 11.4 Å². The normalized spacial score (nSPS) is 11.6. The van der Waals surface area contributed by atoms with E-state index in [1.54, 1.807) is 0 Å². The summed E-state index contributed by atoms with van der Waals surface area (Å²) in [6, 6.07) is 74.5. The van der Waals surface area contributed by atoms with Gasteiger partial charge < -0.3 is 4.90 Å². The van der Waals surface area contributed by atoms with E-state index in [4.69, 9.17) is 4.98 Å². The fourth-order valence-corrected chi connectivity index (χ4v) is 8.62. The molecule has 0 amide bonds. The Morgan fingerprint density at radius 2 is 0.745 bits per heavy atom. The molecule has 0 N–H and O–H groups in total. The second kappa shape index (κ2) is 12.7. The quantitative estimate of drug-likeness (QED) is 0.172. The number of nitrogens with zero attached hydrogens (tertiary/aromatic N) is 2. The molecular formula is C53H34N2. The molecule has 0 atom stereocenters. The number of anilines is 3. The second-order valence-electron chi connectivity index (χ2n) is 14.3. The summed E-state index contributed by atoms with van der Waals surface area (Å²) < 4.78 is 0. The number of aromatic nitrogens is 1. The van der Waals surface area contributed by atoms with Crippen molar-refractivity contribution in [2.24, 2.45) is 0 Å². The summed E-state index contributed by atoms with van der Waals surface area (Å²) in [5, 5.41) is 7.41. The third-order valence-electron chi connectivity index (χ3n) is 11.1. The van der Waals surface area contributed by atoms with Crippen LogP contribution in [0, 0.1) is 0 Å². The number of hydrogen-bond donors (Lipinski definition) is 0. The highest BCUT2D eigenvalue weighted by Crippen LogP contribution is 2.56. The van der Waals surface area contributed by atoms with Gasteiger partial charge in [0.2, 0.25) is 0 Å². The number of benzene rings is 9. The summed E-state index contributed by atoms with van der Waals surface area (Å²) >= 11 is 0. The Morgan fingerprint density at radius 1 is 0.291 bits per heavy atom. The summed E-state index contributed by atoms with van der Waals surface area (Å²) in [6.07, 6.45) is 0. The van der Waals surface area contributed by atoms with Gasteiger partial charge in [-0.2, -0.15) is 0 Å². The van der Waals surface area contributed by atoms with Crippen molar-refractivity contribution < 1.29 is 0 Å². The van der Waals surface area contributed by atoms with Crippen LogP contribution in [-0.4, -0.2) is 4.98 Å². The van der Waals surface area contributed by atoms with Crippen molar-refractivity contribution in [3.05, 3.63) is 206 Å². The van der Waals surface area contributed by atoms with Gasteiger partial charge in [-0.05, 0) is 85.4 Å². The standard InChI is InChI=1S/C53H34N2/c1-3-15-38(16-4-1)49-50-46-23-11-21-37-22-12-24-47(48(37)46)51(50)53(39-17-5-2-6-18-39)54-52(49)40-27-29-43(30-28-40)55(44-31-25-35-13-7-9-19-41(35)33-44)45-32-26-36-14-8-10-20-42(36)34-45/h1-34H. The maximum absolute atomic E-state index is 5.68. The molecule has 11 rings (SSSR count). The Bertz CT molecular complexity index is 2990. The van der Waals surface area contributed by atoms with E-state index >= 15 is 0 Å². The Hall–Kier alpha value is -7.29. The number of fused-ring (bicyclic) bond motifs is 5. The molecule has 256 valence electrons. The molecule has 10 aromatic rings. The third-order valence-corrected chi connectivity index (χ3v) is 11.1. The minimum absolute atomic E-state index is 0.975. The predicted octanol–water partition coefficient (Wildman–Crippen LogP) is 14.7. The molecule has 1 aliphatic carbocycles. The topological polar surface area (TPSA) is 16.1 Å². The summed E-state index contributed by atoms with van der Waals surface area (Å²) in [6.45, 7) is 0. The molecule has 0 radical (unpaired) electrons. The zero-order valence-electron chi connectivity index (χ0n) is 30.0. The maximum atomic E-state index is 5.68. The molecule has 1 aromatic heterocycles. The summed E-state index contributed by atoms with van der Waals surface area (Å²) in [5.74, 6) is 0. The van der Waals surface area contributed by atoms with E-state index in [0.29, 0.717) is 0 Å². The molecule has 9 aromatic carbocycles. The van der Waals surface area contributed by atoms with Crippen molar-refractivity contribution in [1.82, 2.24) is 4.98 Å². The van der Waals surface area contributed by atoms with Crippen molar-refractivity contribution in [2.45, 2.75) is 0 Å². The van der Waals surface area contributed by atoms with E-state index in [9.17, 15) is 0 Å². The molecule has 0 saturated heterocycles. The fourth-order valence-electron chi connectivity index (χ4n) is 8.62. The Labute approximate surface area is 320 Å². The van der Waals surface area contributed by atoms with Crippen LogP contribution in [0.2, 0.25) is 0 Å². The van der Waals surface area contributed by atoms with E-state index in [-0.39, 0.29) is 0 Å². The van der Waals surface area contributed by atoms with Crippen LogP contribution < -0.4 is 4.90 Å². The van der Waals surface area contributed by atoms with Crippen LogP contribution >= 0.6 is 0 Å². The summed E-state index contributed by atoms with van der Waals surface area (Å²) in [5.41, 5.74) is 14.7. The van der Waals surface area contributed by atoms with E-state index in [2.05, 4.69) is 211 Å². The smallest absolute Gasteiger partial charge is 0.0794 e. The van der Waals surface area contributed by atoms with Gasteiger partial charge in [-0.25, -0.2) is 4.98 Å². The third kappa shape index (κ3) is 5.15. The van der Waals surface area contributed by atoms with Crippen molar-refractivity contribution in [3.63, 3.8) is 0 Å². The van der Waals surface area contributed by atoms with Gasteiger partial charge in [0, 0.05) is 44.9 Å². The summed E-state index contributed by atoms with van der Waals surface area (Å²) in [4.78, 5) is 8.04. The first kappa shape index (κ1) is 31.3. The SMILES string of the molecule is c1ccc(-c2nc(-c3ccc(N(c4ccc5ccccc5c4)c4ccc5ccccc5c4)cc3)c(-c3ccccc3)c3c2-c2cccc4cccc-3c24)cc1. The van der Waals surface area contributed by atoms with Crippen molar-refractivity contribution >= 4 is 49.4 Å². The van der Waals surface area contributed by atoms with Gasteiger partial charge in [-0.1, -0.05) is 170 Å². The molecule has 0 saturated carbocycles. The molecule has 2 nitrogen and oxygen atoms in total. The Morgan fingerprint density at radius 3 is 1.35 bits per heavy atom. The van der Waals surface area contributed by atoms with Crippen LogP contribution in [0.3, 0.4) is 0 Å². The molecular weight excluding hydrogens is 665 g/mol. The lowest BCUT2D eigenvalue weighted by Crippen LogP contribution is -2.10. The number of pyridine rings is 1. The van der Waals surface area contributed by atoms with Gasteiger partial charge in [0.15, 0.2) is 0 Å². The van der Waals surface area contributed by atoms with E-state index in [1.165, 1.54) is 54.6 Å². The highest BCUT2D eigenvalue weighted by molar-refractivity contribution is 6.21. The average Bonchev–Trinajstić information content (AvgIpc) is 3.59. The first-order valence-corrected chi connectivity index (χ1v) is 18.9. The van der Waals surface area contributed by atoms with Crippen molar-refractivity contribution in [2.75, 3.05) is 4.90 Å². The number of rotatable bonds is 6. The predicted molar refractivity (Wildman–Crippen MR) is 232 cm³/mol. The van der Waals surface area contributed by atoms with Crippen LogP contribution in [0.4, 0.5) is 17.1 Å². The average molecular weight is 699 g/mol. The molecule has 0 bridgehead atoms. The van der Waals surface area contributed by atoms with Gasteiger partial charge in [0.25, 0.3) is 0 Å². The van der Waals surface area contributed by atoms with Gasteiger partial charge in [-0.3, -0.25) is 0 Å². The summed E-state index contributed by atoms with van der Waals surface area (Å²) in [7, 11) is 0. The lowest BCUT2D eigenvalue weighted by molar-refractivity contribution is 1.29. The molecule has 0 fully saturated rings. The molecule has 1 aliphatic rings. The highest BCUT2D eigenvalue weighted by Gasteiger charge is 2.31. The Kier molecular flexibility index (Phi) is 7.21. The monoisotopic (exact) mass is 698 g/mol.